The Hall–Kier alpha value is -0.860. The van der Waals surface area contributed by atoms with E-state index in [4.69, 9.17) is 0 Å². The Morgan fingerprint density at radius 1 is 1.28 bits per heavy atom. The monoisotopic (exact) mass is 247 g/mol. The van der Waals surface area contributed by atoms with Gasteiger partial charge in [-0.05, 0) is 31.2 Å². The molecule has 0 aromatic heterocycles. The fraction of sp³-hybridized carbons (Fsp3) is 0.625. The van der Waals surface area contributed by atoms with E-state index in [9.17, 15) is 5.11 Å². The van der Waals surface area contributed by atoms with Gasteiger partial charge in [-0.2, -0.15) is 0 Å². The fourth-order valence-corrected chi connectivity index (χ4v) is 2.77. The van der Waals surface area contributed by atoms with Crippen molar-refractivity contribution in [2.75, 3.05) is 6.61 Å². The van der Waals surface area contributed by atoms with E-state index in [-0.39, 0.29) is 12.6 Å². The number of nitrogens with one attached hydrogen (secondary N) is 1. The summed E-state index contributed by atoms with van der Waals surface area (Å²) < 4.78 is 0. The van der Waals surface area contributed by atoms with E-state index in [1.165, 1.54) is 31.2 Å². The summed E-state index contributed by atoms with van der Waals surface area (Å²) in [6.45, 7) is 2.45. The Kier molecular flexibility index (Phi) is 5.21. The summed E-state index contributed by atoms with van der Waals surface area (Å²) >= 11 is 0. The lowest BCUT2D eigenvalue weighted by molar-refractivity contribution is 0.210. The second-order valence-electron chi connectivity index (χ2n) is 5.67. The Morgan fingerprint density at radius 3 is 2.56 bits per heavy atom. The van der Waals surface area contributed by atoms with E-state index in [1.807, 2.05) is 6.07 Å². The van der Waals surface area contributed by atoms with Crippen LogP contribution < -0.4 is 5.32 Å². The van der Waals surface area contributed by atoms with Gasteiger partial charge >= 0.3 is 0 Å². The van der Waals surface area contributed by atoms with Crippen molar-refractivity contribution in [2.24, 2.45) is 5.92 Å². The Morgan fingerprint density at radius 2 is 2.00 bits per heavy atom. The van der Waals surface area contributed by atoms with Gasteiger partial charge in [0.15, 0.2) is 0 Å². The summed E-state index contributed by atoms with van der Waals surface area (Å²) in [5.41, 5.74) is 1.29. The van der Waals surface area contributed by atoms with Crippen molar-refractivity contribution in [3.63, 3.8) is 0 Å². The molecule has 0 heterocycles. The van der Waals surface area contributed by atoms with Crippen molar-refractivity contribution >= 4 is 0 Å². The molecule has 0 radical (unpaired) electrons. The summed E-state index contributed by atoms with van der Waals surface area (Å²) in [6, 6.07) is 11.1. The Balaban J connectivity index is 1.77. The molecule has 2 rings (SSSR count). The lowest BCUT2D eigenvalue weighted by Crippen LogP contribution is -2.41. The number of rotatable bonds is 7. The summed E-state index contributed by atoms with van der Waals surface area (Å²) in [7, 11) is 0. The van der Waals surface area contributed by atoms with Gasteiger partial charge < -0.3 is 10.4 Å². The van der Waals surface area contributed by atoms with Crippen LogP contribution in [0.1, 0.15) is 38.2 Å². The molecular formula is C16H25NO. The lowest BCUT2D eigenvalue weighted by Gasteiger charge is -2.30. The highest BCUT2D eigenvalue weighted by molar-refractivity contribution is 5.15. The number of benzene rings is 1. The van der Waals surface area contributed by atoms with Gasteiger partial charge in [0, 0.05) is 12.1 Å². The molecule has 100 valence electrons. The van der Waals surface area contributed by atoms with Gasteiger partial charge in [-0.25, -0.2) is 0 Å². The highest BCUT2D eigenvalue weighted by atomic mass is 16.3. The quantitative estimate of drug-likeness (QED) is 0.776. The van der Waals surface area contributed by atoms with Gasteiger partial charge in [-0.15, -0.1) is 0 Å². The molecular weight excluding hydrogens is 222 g/mol. The first-order chi connectivity index (χ1) is 8.78. The largest absolute Gasteiger partial charge is 0.395 e. The first kappa shape index (κ1) is 13.6. The minimum Gasteiger partial charge on any atom is -0.395 e. The molecule has 0 saturated heterocycles. The number of hydrogen-bond acceptors (Lipinski definition) is 2. The minimum absolute atomic E-state index is 0.183. The van der Waals surface area contributed by atoms with E-state index in [0.717, 1.165) is 12.3 Å². The van der Waals surface area contributed by atoms with Crippen LogP contribution in [0.4, 0.5) is 0 Å². The topological polar surface area (TPSA) is 32.3 Å². The predicted molar refractivity (Wildman–Crippen MR) is 75.6 cm³/mol. The molecule has 2 N–H and O–H groups in total. The maximum Gasteiger partial charge on any atom is 0.0587 e. The second-order valence-corrected chi connectivity index (χ2v) is 5.67. The van der Waals surface area contributed by atoms with Crippen molar-refractivity contribution in [3.8, 4) is 0 Å². The molecule has 0 spiro atoms. The third-order valence-corrected chi connectivity index (χ3v) is 3.98. The van der Waals surface area contributed by atoms with Crippen LogP contribution in [0.2, 0.25) is 0 Å². The molecule has 1 aliphatic carbocycles. The van der Waals surface area contributed by atoms with Crippen molar-refractivity contribution in [3.05, 3.63) is 35.9 Å². The third kappa shape index (κ3) is 4.11. The van der Waals surface area contributed by atoms with Crippen molar-refractivity contribution in [1.29, 1.82) is 0 Å². The number of aliphatic hydroxyl groups excluding tert-OH is 1. The van der Waals surface area contributed by atoms with Gasteiger partial charge in [0.25, 0.3) is 0 Å². The van der Waals surface area contributed by atoms with E-state index in [2.05, 4.69) is 36.5 Å². The summed E-state index contributed by atoms with van der Waals surface area (Å²) in [6.07, 6.45) is 6.37. The number of aliphatic hydroxyl groups is 1. The molecule has 0 aliphatic heterocycles. The maximum absolute atomic E-state index is 9.48. The van der Waals surface area contributed by atoms with Crippen LogP contribution in [-0.4, -0.2) is 23.8 Å². The Labute approximate surface area is 110 Å². The molecule has 0 amide bonds. The predicted octanol–water partition coefficient (Wildman–Crippen LogP) is 2.76. The van der Waals surface area contributed by atoms with E-state index < -0.39 is 0 Å². The van der Waals surface area contributed by atoms with Crippen molar-refractivity contribution < 1.29 is 5.11 Å². The molecule has 1 fully saturated rings. The van der Waals surface area contributed by atoms with Crippen LogP contribution in [0, 0.1) is 5.92 Å². The third-order valence-electron chi connectivity index (χ3n) is 3.98. The molecule has 0 bridgehead atoms. The summed E-state index contributed by atoms with van der Waals surface area (Å²) in [5, 5.41) is 13.0. The van der Waals surface area contributed by atoms with Gasteiger partial charge in [0.05, 0.1) is 6.61 Å². The molecule has 18 heavy (non-hydrogen) atoms. The maximum atomic E-state index is 9.48. The van der Waals surface area contributed by atoms with Gasteiger partial charge in [-0.3, -0.25) is 0 Å². The fourth-order valence-electron chi connectivity index (χ4n) is 2.77. The first-order valence-electron chi connectivity index (χ1n) is 7.18. The van der Waals surface area contributed by atoms with Crippen molar-refractivity contribution in [1.82, 2.24) is 5.32 Å². The molecule has 2 nitrogen and oxygen atoms in total. The average molecular weight is 247 g/mol. The molecule has 1 aliphatic rings. The molecule has 1 aromatic rings. The molecule has 1 saturated carbocycles. The zero-order chi connectivity index (χ0) is 12.8. The van der Waals surface area contributed by atoms with Crippen molar-refractivity contribution in [2.45, 2.75) is 51.1 Å². The van der Waals surface area contributed by atoms with Crippen LogP contribution in [0.5, 0.6) is 0 Å². The van der Waals surface area contributed by atoms with Gasteiger partial charge in [0.1, 0.15) is 0 Å². The SMILES string of the molecule is CC(CC1CCC1)N[C@H](CO)Cc1ccccc1. The van der Waals surface area contributed by atoms with E-state index in [1.54, 1.807) is 0 Å². The minimum atomic E-state index is 0.183. The summed E-state index contributed by atoms with van der Waals surface area (Å²) in [5.74, 6) is 0.920. The standard InChI is InChI=1S/C16H25NO/c1-13(10-14-8-5-9-14)17-16(12-18)11-15-6-3-2-4-7-15/h2-4,6-7,13-14,16-18H,5,8-12H2,1H3/t13?,16-/m0/s1. The smallest absolute Gasteiger partial charge is 0.0587 e. The van der Waals surface area contributed by atoms with Crippen LogP contribution >= 0.6 is 0 Å². The zero-order valence-electron chi connectivity index (χ0n) is 11.3. The summed E-state index contributed by atoms with van der Waals surface area (Å²) in [4.78, 5) is 0. The lowest BCUT2D eigenvalue weighted by atomic mass is 9.81. The highest BCUT2D eigenvalue weighted by Crippen LogP contribution is 2.30. The van der Waals surface area contributed by atoms with Crippen LogP contribution in [0.3, 0.4) is 0 Å². The molecule has 1 unspecified atom stereocenters. The van der Waals surface area contributed by atoms with Crippen LogP contribution in [0.25, 0.3) is 0 Å². The first-order valence-corrected chi connectivity index (χ1v) is 7.18. The normalized spacial score (nSPS) is 19.2. The van der Waals surface area contributed by atoms with Gasteiger partial charge in [0.2, 0.25) is 0 Å². The average Bonchev–Trinajstić information content (AvgIpc) is 2.34. The van der Waals surface area contributed by atoms with Gasteiger partial charge in [-0.1, -0.05) is 49.6 Å². The molecule has 2 heteroatoms. The molecule has 2 atom stereocenters. The van der Waals surface area contributed by atoms with Crippen LogP contribution in [0.15, 0.2) is 30.3 Å². The second kappa shape index (κ2) is 6.91. The van der Waals surface area contributed by atoms with E-state index >= 15 is 0 Å². The molecule has 1 aromatic carbocycles. The zero-order valence-corrected chi connectivity index (χ0v) is 11.3. The van der Waals surface area contributed by atoms with E-state index in [0.29, 0.717) is 6.04 Å². The highest BCUT2D eigenvalue weighted by Gasteiger charge is 2.21. The Bertz CT molecular complexity index is 334. The van der Waals surface area contributed by atoms with Crippen LogP contribution in [-0.2, 0) is 6.42 Å². The number of hydrogen-bond donors (Lipinski definition) is 2.